The SMILES string of the molecule is O=C(/C=C/c1cn(Cc2ccccc2)nc1-c1cccs1)NCc1cccnc1. The summed E-state index contributed by atoms with van der Waals surface area (Å²) in [4.78, 5) is 17.4. The molecule has 3 heterocycles. The molecule has 3 aromatic heterocycles. The molecule has 4 rings (SSSR count). The van der Waals surface area contributed by atoms with Crippen LogP contribution in [-0.4, -0.2) is 20.7 Å². The molecule has 0 fully saturated rings. The van der Waals surface area contributed by atoms with Gasteiger partial charge in [-0.1, -0.05) is 42.5 Å². The van der Waals surface area contributed by atoms with Crippen molar-refractivity contribution in [1.82, 2.24) is 20.1 Å². The fourth-order valence-electron chi connectivity index (χ4n) is 2.93. The molecule has 1 amide bonds. The van der Waals surface area contributed by atoms with Crippen molar-refractivity contribution in [1.29, 1.82) is 0 Å². The molecule has 1 N–H and O–H groups in total. The Bertz CT molecular complexity index is 1090. The lowest BCUT2D eigenvalue weighted by atomic mass is 10.2. The summed E-state index contributed by atoms with van der Waals surface area (Å²) in [5.74, 6) is -0.151. The maximum absolute atomic E-state index is 12.2. The van der Waals surface area contributed by atoms with Crippen molar-refractivity contribution in [3.8, 4) is 10.6 Å². The van der Waals surface area contributed by atoms with E-state index in [0.29, 0.717) is 13.1 Å². The van der Waals surface area contributed by atoms with Crippen LogP contribution in [0.2, 0.25) is 0 Å². The van der Waals surface area contributed by atoms with E-state index in [9.17, 15) is 4.79 Å². The number of hydrogen-bond acceptors (Lipinski definition) is 4. The molecule has 0 saturated carbocycles. The normalized spacial score (nSPS) is 11.0. The molecule has 0 aliphatic rings. The molecule has 0 bridgehead atoms. The number of nitrogens with zero attached hydrogens (tertiary/aromatic N) is 3. The molecule has 0 spiro atoms. The Morgan fingerprint density at radius 1 is 1.07 bits per heavy atom. The number of hydrogen-bond donors (Lipinski definition) is 1. The van der Waals surface area contributed by atoms with Crippen LogP contribution in [0.3, 0.4) is 0 Å². The van der Waals surface area contributed by atoms with Crippen molar-refractivity contribution in [2.75, 3.05) is 0 Å². The molecular weight excluding hydrogens is 380 g/mol. The average Bonchev–Trinajstić information content (AvgIpc) is 3.42. The predicted octanol–water partition coefficient (Wildman–Crippen LogP) is 4.38. The summed E-state index contributed by atoms with van der Waals surface area (Å²) in [6.45, 7) is 1.13. The van der Waals surface area contributed by atoms with Gasteiger partial charge >= 0.3 is 0 Å². The van der Waals surface area contributed by atoms with Crippen molar-refractivity contribution in [3.63, 3.8) is 0 Å². The molecule has 4 aromatic rings. The van der Waals surface area contributed by atoms with Gasteiger partial charge in [0.25, 0.3) is 0 Å². The van der Waals surface area contributed by atoms with E-state index < -0.39 is 0 Å². The summed E-state index contributed by atoms with van der Waals surface area (Å²) in [5, 5.41) is 9.66. The van der Waals surface area contributed by atoms with Gasteiger partial charge in [0.05, 0.1) is 11.4 Å². The van der Waals surface area contributed by atoms with Gasteiger partial charge in [0.15, 0.2) is 0 Å². The molecule has 0 radical (unpaired) electrons. The minimum atomic E-state index is -0.151. The highest BCUT2D eigenvalue weighted by molar-refractivity contribution is 7.13. The number of amides is 1. The first-order valence-electron chi connectivity index (χ1n) is 9.28. The van der Waals surface area contributed by atoms with E-state index in [1.54, 1.807) is 29.8 Å². The smallest absolute Gasteiger partial charge is 0.244 e. The van der Waals surface area contributed by atoms with Crippen molar-refractivity contribution in [2.45, 2.75) is 13.1 Å². The van der Waals surface area contributed by atoms with Gasteiger partial charge in [-0.25, -0.2) is 0 Å². The van der Waals surface area contributed by atoms with Crippen LogP contribution >= 0.6 is 11.3 Å². The number of carbonyl (C=O) groups excluding carboxylic acids is 1. The minimum absolute atomic E-state index is 0.151. The van der Waals surface area contributed by atoms with Crippen LogP contribution in [-0.2, 0) is 17.9 Å². The average molecular weight is 401 g/mol. The Balaban J connectivity index is 1.50. The summed E-state index contributed by atoms with van der Waals surface area (Å²) >= 11 is 1.63. The van der Waals surface area contributed by atoms with E-state index in [0.717, 1.165) is 21.7 Å². The second kappa shape index (κ2) is 9.12. The van der Waals surface area contributed by atoms with Gasteiger partial charge in [-0.15, -0.1) is 11.3 Å². The lowest BCUT2D eigenvalue weighted by Gasteiger charge is -2.01. The highest BCUT2D eigenvalue weighted by atomic mass is 32.1. The summed E-state index contributed by atoms with van der Waals surface area (Å²) in [6, 6.07) is 18.0. The quantitative estimate of drug-likeness (QED) is 0.468. The van der Waals surface area contributed by atoms with Crippen molar-refractivity contribution >= 4 is 23.3 Å². The summed E-state index contributed by atoms with van der Waals surface area (Å²) in [7, 11) is 0. The zero-order chi connectivity index (χ0) is 19.9. The molecular formula is C23H20N4OS. The Kier molecular flexibility index (Phi) is 5.92. The molecule has 0 atom stereocenters. The third-order valence-corrected chi connectivity index (χ3v) is 5.21. The van der Waals surface area contributed by atoms with Crippen LogP contribution in [0.1, 0.15) is 16.7 Å². The van der Waals surface area contributed by atoms with E-state index >= 15 is 0 Å². The van der Waals surface area contributed by atoms with Gasteiger partial charge in [-0.05, 0) is 34.7 Å². The van der Waals surface area contributed by atoms with Crippen LogP contribution in [0.15, 0.2) is 84.6 Å². The number of carbonyl (C=O) groups is 1. The van der Waals surface area contributed by atoms with Crippen molar-refractivity contribution in [2.24, 2.45) is 0 Å². The van der Waals surface area contributed by atoms with Crippen LogP contribution in [0, 0.1) is 0 Å². The number of benzene rings is 1. The first kappa shape index (κ1) is 18.8. The number of aromatic nitrogens is 3. The largest absolute Gasteiger partial charge is 0.348 e. The molecule has 0 aliphatic carbocycles. The molecule has 0 aliphatic heterocycles. The number of nitrogens with one attached hydrogen (secondary N) is 1. The lowest BCUT2D eigenvalue weighted by molar-refractivity contribution is -0.116. The summed E-state index contributed by atoms with van der Waals surface area (Å²) < 4.78 is 1.91. The van der Waals surface area contributed by atoms with Crippen LogP contribution in [0.25, 0.3) is 16.6 Å². The van der Waals surface area contributed by atoms with Crippen molar-refractivity contribution in [3.05, 3.63) is 101 Å². The molecule has 29 heavy (non-hydrogen) atoms. The van der Waals surface area contributed by atoms with E-state index in [4.69, 9.17) is 5.10 Å². The maximum Gasteiger partial charge on any atom is 0.244 e. The Hall–Kier alpha value is -3.51. The zero-order valence-corrected chi connectivity index (χ0v) is 16.5. The van der Waals surface area contributed by atoms with Gasteiger partial charge in [-0.3, -0.25) is 14.5 Å². The Labute approximate surface area is 173 Å². The third-order valence-electron chi connectivity index (χ3n) is 4.34. The van der Waals surface area contributed by atoms with E-state index in [-0.39, 0.29) is 5.91 Å². The van der Waals surface area contributed by atoms with Gasteiger partial charge in [0.2, 0.25) is 5.91 Å². The standard InChI is InChI=1S/C23H20N4OS/c28-22(25-15-19-8-4-12-24-14-19)11-10-20-17-27(16-18-6-2-1-3-7-18)26-23(20)21-9-5-13-29-21/h1-14,17H,15-16H2,(H,25,28)/b11-10+. The fourth-order valence-corrected chi connectivity index (χ4v) is 3.66. The molecule has 5 nitrogen and oxygen atoms in total. The first-order chi connectivity index (χ1) is 14.3. The Morgan fingerprint density at radius 3 is 2.69 bits per heavy atom. The Morgan fingerprint density at radius 2 is 1.93 bits per heavy atom. The molecule has 6 heteroatoms. The van der Waals surface area contributed by atoms with Gasteiger partial charge in [0, 0.05) is 36.8 Å². The van der Waals surface area contributed by atoms with Crippen LogP contribution in [0.4, 0.5) is 0 Å². The topological polar surface area (TPSA) is 59.8 Å². The summed E-state index contributed by atoms with van der Waals surface area (Å²) in [5.41, 5.74) is 3.94. The van der Waals surface area contributed by atoms with Gasteiger partial charge in [-0.2, -0.15) is 5.10 Å². The molecule has 1 aromatic carbocycles. The first-order valence-corrected chi connectivity index (χ1v) is 10.2. The molecule has 144 valence electrons. The van der Waals surface area contributed by atoms with E-state index in [1.165, 1.54) is 5.56 Å². The van der Waals surface area contributed by atoms with Crippen LogP contribution in [0.5, 0.6) is 0 Å². The van der Waals surface area contributed by atoms with Crippen molar-refractivity contribution < 1.29 is 4.79 Å². The lowest BCUT2D eigenvalue weighted by Crippen LogP contribution is -2.20. The molecule has 0 unspecified atom stereocenters. The third kappa shape index (κ3) is 5.06. The number of pyridine rings is 1. The van der Waals surface area contributed by atoms with Gasteiger partial charge < -0.3 is 5.32 Å². The predicted molar refractivity (Wildman–Crippen MR) is 116 cm³/mol. The fraction of sp³-hybridized carbons (Fsp3) is 0.0870. The molecule has 0 saturated heterocycles. The summed E-state index contributed by atoms with van der Waals surface area (Å²) in [6.07, 6.45) is 8.81. The monoisotopic (exact) mass is 400 g/mol. The van der Waals surface area contributed by atoms with Crippen LogP contribution < -0.4 is 5.32 Å². The number of rotatable bonds is 7. The second-order valence-electron chi connectivity index (χ2n) is 6.51. The highest BCUT2D eigenvalue weighted by Gasteiger charge is 2.11. The van der Waals surface area contributed by atoms with Gasteiger partial charge in [0.1, 0.15) is 5.69 Å². The maximum atomic E-state index is 12.2. The van der Waals surface area contributed by atoms with E-state index in [2.05, 4.69) is 22.4 Å². The minimum Gasteiger partial charge on any atom is -0.348 e. The highest BCUT2D eigenvalue weighted by Crippen LogP contribution is 2.27. The second-order valence-corrected chi connectivity index (χ2v) is 7.45. The number of thiophene rings is 1. The zero-order valence-electron chi connectivity index (χ0n) is 15.7. The van der Waals surface area contributed by atoms with E-state index in [1.807, 2.05) is 64.8 Å².